The molecule has 0 fully saturated rings. The Morgan fingerprint density at radius 2 is 2.00 bits per heavy atom. The summed E-state index contributed by atoms with van der Waals surface area (Å²) < 4.78 is 0. The molecule has 1 aromatic rings. The van der Waals surface area contributed by atoms with Crippen LogP contribution in [0.5, 0.6) is 0 Å². The Morgan fingerprint density at radius 3 is 2.42 bits per heavy atom. The van der Waals surface area contributed by atoms with Crippen molar-refractivity contribution in [3.63, 3.8) is 0 Å². The van der Waals surface area contributed by atoms with E-state index in [9.17, 15) is 4.79 Å². The van der Waals surface area contributed by atoms with Gasteiger partial charge in [0.2, 0.25) is 0 Å². The number of hydrogen-bond donors (Lipinski definition) is 0. The van der Waals surface area contributed by atoms with Crippen molar-refractivity contribution in [1.29, 1.82) is 0 Å². The van der Waals surface area contributed by atoms with Crippen molar-refractivity contribution in [1.82, 2.24) is 0 Å². The van der Waals surface area contributed by atoms with Gasteiger partial charge in [0.15, 0.2) is 0 Å². The molecule has 0 spiro atoms. The fraction of sp³-hybridized carbons (Fsp3) is 0.182. The average molecular weight is 160 g/mol. The second-order valence-corrected chi connectivity index (χ2v) is 2.73. The first kappa shape index (κ1) is 8.72. The highest BCUT2D eigenvalue weighted by molar-refractivity contribution is 5.85. The van der Waals surface area contributed by atoms with Crippen molar-refractivity contribution in [2.75, 3.05) is 0 Å². The molecule has 1 aromatic carbocycles. The molecule has 12 heavy (non-hydrogen) atoms. The zero-order valence-electron chi connectivity index (χ0n) is 7.16. The maximum Gasteiger partial charge on any atom is 0.141 e. The highest BCUT2D eigenvalue weighted by Gasteiger charge is 2.10. The summed E-state index contributed by atoms with van der Waals surface area (Å²) in [5, 5.41) is 0. The van der Waals surface area contributed by atoms with Crippen LogP contribution in [-0.2, 0) is 4.79 Å². The van der Waals surface area contributed by atoms with Crippen LogP contribution in [-0.4, -0.2) is 5.78 Å². The summed E-state index contributed by atoms with van der Waals surface area (Å²) in [4.78, 5) is 11.1. The molecule has 0 saturated heterocycles. The van der Waals surface area contributed by atoms with E-state index >= 15 is 0 Å². The van der Waals surface area contributed by atoms with E-state index in [-0.39, 0.29) is 11.7 Å². The summed E-state index contributed by atoms with van der Waals surface area (Å²) in [5.74, 6) is -0.0117. The predicted octanol–water partition coefficient (Wildman–Crippen LogP) is 2.55. The van der Waals surface area contributed by atoms with E-state index in [0.717, 1.165) is 5.56 Å². The first-order valence-corrected chi connectivity index (χ1v) is 3.93. The van der Waals surface area contributed by atoms with Gasteiger partial charge in [-0.1, -0.05) is 36.4 Å². The van der Waals surface area contributed by atoms with Gasteiger partial charge in [0.05, 0.1) is 5.92 Å². The first-order chi connectivity index (χ1) is 5.75. The van der Waals surface area contributed by atoms with Gasteiger partial charge >= 0.3 is 0 Å². The SMILES string of the molecule is C=CC(C(C)=O)c1ccccc1. The van der Waals surface area contributed by atoms with Crippen LogP contribution in [0.25, 0.3) is 0 Å². The molecule has 0 radical (unpaired) electrons. The summed E-state index contributed by atoms with van der Waals surface area (Å²) in [7, 11) is 0. The van der Waals surface area contributed by atoms with Crippen LogP contribution in [0.4, 0.5) is 0 Å². The molecule has 0 N–H and O–H groups in total. The summed E-state index contributed by atoms with van der Waals surface area (Å²) in [6.07, 6.45) is 1.68. The molecule has 0 saturated carbocycles. The third kappa shape index (κ3) is 1.82. The third-order valence-corrected chi connectivity index (χ3v) is 1.83. The number of ketones is 1. The molecule has 0 bridgehead atoms. The minimum Gasteiger partial charge on any atom is -0.299 e. The van der Waals surface area contributed by atoms with Gasteiger partial charge in [0.25, 0.3) is 0 Å². The highest BCUT2D eigenvalue weighted by Crippen LogP contribution is 2.16. The normalized spacial score (nSPS) is 12.1. The van der Waals surface area contributed by atoms with Gasteiger partial charge < -0.3 is 0 Å². The zero-order valence-corrected chi connectivity index (χ0v) is 7.16. The predicted molar refractivity (Wildman–Crippen MR) is 50.1 cm³/mol. The summed E-state index contributed by atoms with van der Waals surface area (Å²) in [6, 6.07) is 9.66. The van der Waals surface area contributed by atoms with Crippen molar-refractivity contribution >= 4 is 5.78 Å². The van der Waals surface area contributed by atoms with E-state index in [1.54, 1.807) is 13.0 Å². The molecule has 1 unspecified atom stereocenters. The Hall–Kier alpha value is -1.37. The first-order valence-electron chi connectivity index (χ1n) is 3.93. The Kier molecular flexibility index (Phi) is 2.81. The van der Waals surface area contributed by atoms with Crippen molar-refractivity contribution < 1.29 is 4.79 Å². The lowest BCUT2D eigenvalue weighted by atomic mass is 9.96. The van der Waals surface area contributed by atoms with Crippen LogP contribution in [0.2, 0.25) is 0 Å². The number of benzene rings is 1. The molecule has 1 rings (SSSR count). The lowest BCUT2D eigenvalue weighted by Crippen LogP contribution is -2.04. The van der Waals surface area contributed by atoms with Crippen LogP contribution in [0.1, 0.15) is 18.4 Å². The Balaban J connectivity index is 2.95. The fourth-order valence-corrected chi connectivity index (χ4v) is 1.20. The van der Waals surface area contributed by atoms with Gasteiger partial charge in [-0.25, -0.2) is 0 Å². The van der Waals surface area contributed by atoms with Crippen LogP contribution < -0.4 is 0 Å². The maximum atomic E-state index is 11.1. The number of Topliss-reactive ketones (excluding diaryl/α,β-unsaturated/α-hetero) is 1. The monoisotopic (exact) mass is 160 g/mol. The van der Waals surface area contributed by atoms with Gasteiger partial charge in [-0.2, -0.15) is 0 Å². The minimum absolute atomic E-state index is 0.135. The molecule has 0 aromatic heterocycles. The number of carbonyl (C=O) groups excluding carboxylic acids is 1. The van der Waals surface area contributed by atoms with Crippen molar-refractivity contribution in [2.24, 2.45) is 0 Å². The summed E-state index contributed by atoms with van der Waals surface area (Å²) in [6.45, 7) is 5.22. The number of allylic oxidation sites excluding steroid dienone is 1. The van der Waals surface area contributed by atoms with E-state index in [1.807, 2.05) is 30.3 Å². The molecule has 0 aliphatic rings. The lowest BCUT2D eigenvalue weighted by Gasteiger charge is -2.07. The fourth-order valence-electron chi connectivity index (χ4n) is 1.20. The van der Waals surface area contributed by atoms with Crippen LogP contribution in [0.15, 0.2) is 43.0 Å². The van der Waals surface area contributed by atoms with E-state index in [1.165, 1.54) is 0 Å². The molecule has 62 valence electrons. The maximum absolute atomic E-state index is 11.1. The molecule has 1 heteroatoms. The Bertz CT molecular complexity index is 274. The summed E-state index contributed by atoms with van der Waals surface area (Å²) in [5.41, 5.74) is 1.01. The quantitative estimate of drug-likeness (QED) is 0.621. The largest absolute Gasteiger partial charge is 0.299 e. The Morgan fingerprint density at radius 1 is 1.42 bits per heavy atom. The van der Waals surface area contributed by atoms with E-state index in [0.29, 0.717) is 0 Å². The molecule has 0 aliphatic heterocycles. The van der Waals surface area contributed by atoms with Crippen LogP contribution >= 0.6 is 0 Å². The van der Waals surface area contributed by atoms with Crippen LogP contribution in [0.3, 0.4) is 0 Å². The smallest absolute Gasteiger partial charge is 0.141 e. The zero-order chi connectivity index (χ0) is 8.97. The highest BCUT2D eigenvalue weighted by atomic mass is 16.1. The summed E-state index contributed by atoms with van der Waals surface area (Å²) >= 11 is 0. The Labute approximate surface area is 72.7 Å². The van der Waals surface area contributed by atoms with Crippen molar-refractivity contribution in [2.45, 2.75) is 12.8 Å². The number of carbonyl (C=O) groups is 1. The average Bonchev–Trinajstić information content (AvgIpc) is 2.07. The van der Waals surface area contributed by atoms with E-state index in [4.69, 9.17) is 0 Å². The number of rotatable bonds is 3. The van der Waals surface area contributed by atoms with Crippen molar-refractivity contribution in [3.8, 4) is 0 Å². The van der Waals surface area contributed by atoms with E-state index in [2.05, 4.69) is 6.58 Å². The second-order valence-electron chi connectivity index (χ2n) is 2.73. The van der Waals surface area contributed by atoms with Gasteiger partial charge in [-0.3, -0.25) is 4.79 Å². The second kappa shape index (κ2) is 3.86. The number of hydrogen-bond acceptors (Lipinski definition) is 1. The van der Waals surface area contributed by atoms with Crippen LogP contribution in [0, 0.1) is 0 Å². The molecular weight excluding hydrogens is 148 g/mol. The lowest BCUT2D eigenvalue weighted by molar-refractivity contribution is -0.117. The molecule has 0 aliphatic carbocycles. The molecular formula is C11H12O. The third-order valence-electron chi connectivity index (χ3n) is 1.83. The van der Waals surface area contributed by atoms with Gasteiger partial charge in [-0.05, 0) is 12.5 Å². The molecule has 0 amide bonds. The van der Waals surface area contributed by atoms with Gasteiger partial charge in [0, 0.05) is 0 Å². The molecule has 1 atom stereocenters. The molecule has 0 heterocycles. The standard InChI is InChI=1S/C11H12O/c1-3-11(9(2)12)10-7-5-4-6-8-10/h3-8,11H,1H2,2H3. The topological polar surface area (TPSA) is 17.1 Å². The van der Waals surface area contributed by atoms with Gasteiger partial charge in [-0.15, -0.1) is 6.58 Å². The van der Waals surface area contributed by atoms with E-state index < -0.39 is 0 Å². The molecule has 1 nitrogen and oxygen atoms in total. The van der Waals surface area contributed by atoms with Gasteiger partial charge in [0.1, 0.15) is 5.78 Å². The van der Waals surface area contributed by atoms with Crippen molar-refractivity contribution in [3.05, 3.63) is 48.6 Å². The minimum atomic E-state index is -0.147.